The summed E-state index contributed by atoms with van der Waals surface area (Å²) in [4.78, 5) is 0.303. The molecule has 2 rings (SSSR count). The van der Waals surface area contributed by atoms with E-state index >= 15 is 0 Å². The largest absolute Gasteiger partial charge is 0.399 e. The average molecular weight is 298 g/mol. The van der Waals surface area contributed by atoms with Gasteiger partial charge in [0.25, 0.3) is 0 Å². The molecule has 1 heterocycles. The number of hydrogen-bond acceptors (Lipinski definition) is 4. The lowest BCUT2D eigenvalue weighted by Gasteiger charge is -2.48. The monoisotopic (exact) mass is 298 g/mol. The van der Waals surface area contributed by atoms with Crippen LogP contribution in [0.25, 0.3) is 0 Å². The molecule has 1 aliphatic rings. The van der Waals surface area contributed by atoms with Gasteiger partial charge in [-0.05, 0) is 43.0 Å². The molecule has 0 aliphatic carbocycles. The number of nitrogen functional groups attached to an aromatic ring is 1. The lowest BCUT2D eigenvalue weighted by atomic mass is 9.85. The summed E-state index contributed by atoms with van der Waals surface area (Å²) >= 11 is 0. The van der Waals surface area contributed by atoms with Crippen molar-refractivity contribution in [3.63, 3.8) is 0 Å². The van der Waals surface area contributed by atoms with Crippen LogP contribution in [0.1, 0.15) is 25.0 Å². The Kier molecular flexibility index (Phi) is 3.60. The zero-order chi connectivity index (χ0) is 15.3. The molecule has 112 valence electrons. The number of sulfonamides is 1. The van der Waals surface area contributed by atoms with Crippen molar-refractivity contribution >= 4 is 15.7 Å². The molecule has 0 bridgehead atoms. The van der Waals surface area contributed by atoms with Gasteiger partial charge in [-0.15, -0.1) is 0 Å². The lowest BCUT2D eigenvalue weighted by molar-refractivity contribution is -0.0932. The second-order valence-corrected chi connectivity index (χ2v) is 7.89. The van der Waals surface area contributed by atoms with E-state index in [2.05, 4.69) is 0 Å². The molecular formula is C14H22N2O3S. The molecule has 3 N–H and O–H groups in total. The van der Waals surface area contributed by atoms with Crippen LogP contribution in [-0.2, 0) is 10.0 Å². The Bertz CT molecular complexity index is 609. The number of rotatable bonds is 3. The van der Waals surface area contributed by atoms with Crippen LogP contribution in [0, 0.1) is 19.8 Å². The Hall–Kier alpha value is -1.11. The molecule has 1 fully saturated rings. The first-order valence-corrected chi connectivity index (χ1v) is 8.11. The van der Waals surface area contributed by atoms with Crippen LogP contribution in [0.15, 0.2) is 17.0 Å². The van der Waals surface area contributed by atoms with Crippen LogP contribution in [0.5, 0.6) is 0 Å². The van der Waals surface area contributed by atoms with Crippen LogP contribution in [0.4, 0.5) is 5.69 Å². The molecule has 0 saturated carbocycles. The maximum atomic E-state index is 12.7. The smallest absolute Gasteiger partial charge is 0.243 e. The molecule has 1 aromatic rings. The minimum absolute atomic E-state index is 0.0301. The third-order valence-electron chi connectivity index (χ3n) is 4.06. The van der Waals surface area contributed by atoms with Crippen LogP contribution in [-0.4, -0.2) is 36.5 Å². The maximum Gasteiger partial charge on any atom is 0.243 e. The van der Waals surface area contributed by atoms with Crippen LogP contribution >= 0.6 is 0 Å². The van der Waals surface area contributed by atoms with Gasteiger partial charge in [-0.1, -0.05) is 13.8 Å². The fourth-order valence-electron chi connectivity index (χ4n) is 2.62. The van der Waals surface area contributed by atoms with Crippen LogP contribution < -0.4 is 5.73 Å². The Morgan fingerprint density at radius 1 is 1.25 bits per heavy atom. The molecule has 20 heavy (non-hydrogen) atoms. The topological polar surface area (TPSA) is 83.6 Å². The van der Waals surface area contributed by atoms with Crippen molar-refractivity contribution < 1.29 is 13.5 Å². The normalized spacial score (nSPS) is 19.1. The van der Waals surface area contributed by atoms with E-state index in [1.807, 2.05) is 13.8 Å². The van der Waals surface area contributed by atoms with E-state index in [0.29, 0.717) is 21.7 Å². The summed E-state index contributed by atoms with van der Waals surface area (Å²) < 4.78 is 26.6. The van der Waals surface area contributed by atoms with Gasteiger partial charge >= 0.3 is 0 Å². The minimum atomic E-state index is -3.57. The summed E-state index contributed by atoms with van der Waals surface area (Å²) in [5, 5.41) is 10.2. The zero-order valence-electron chi connectivity index (χ0n) is 12.3. The number of aryl methyl sites for hydroxylation is 2. The second kappa shape index (κ2) is 4.72. The standard InChI is InChI=1S/C14H22N2O3S/c1-9(2)14(17)7-16(8-14)20(18,19)13-10(3)5-12(15)6-11(13)4/h5-6,9,17H,7-8,15H2,1-4H3. The Morgan fingerprint density at radius 2 is 1.70 bits per heavy atom. The fourth-order valence-corrected chi connectivity index (χ4v) is 4.60. The van der Waals surface area contributed by atoms with Gasteiger partial charge in [-0.3, -0.25) is 0 Å². The van der Waals surface area contributed by atoms with Gasteiger partial charge in [-0.25, -0.2) is 8.42 Å². The highest BCUT2D eigenvalue weighted by atomic mass is 32.2. The van der Waals surface area contributed by atoms with E-state index < -0.39 is 15.6 Å². The molecule has 0 atom stereocenters. The molecule has 0 radical (unpaired) electrons. The number of hydrogen-bond donors (Lipinski definition) is 2. The third-order valence-corrected chi connectivity index (χ3v) is 6.15. The van der Waals surface area contributed by atoms with Crippen molar-refractivity contribution in [3.8, 4) is 0 Å². The fraction of sp³-hybridized carbons (Fsp3) is 0.571. The summed E-state index contributed by atoms with van der Waals surface area (Å²) in [7, 11) is -3.57. The molecule has 0 aromatic heterocycles. The van der Waals surface area contributed by atoms with Gasteiger partial charge in [0, 0.05) is 18.8 Å². The molecular weight excluding hydrogens is 276 g/mol. The molecule has 1 aromatic carbocycles. The van der Waals surface area contributed by atoms with E-state index in [4.69, 9.17) is 5.73 Å². The van der Waals surface area contributed by atoms with E-state index in [0.717, 1.165) is 0 Å². The number of benzene rings is 1. The van der Waals surface area contributed by atoms with Crippen molar-refractivity contribution in [2.45, 2.75) is 38.2 Å². The summed E-state index contributed by atoms with van der Waals surface area (Å²) in [6.07, 6.45) is 0. The highest BCUT2D eigenvalue weighted by Crippen LogP contribution is 2.35. The number of nitrogens with zero attached hydrogens (tertiary/aromatic N) is 1. The van der Waals surface area contributed by atoms with Crippen LogP contribution in [0.3, 0.4) is 0 Å². The highest BCUT2D eigenvalue weighted by Gasteiger charge is 2.49. The van der Waals surface area contributed by atoms with Gasteiger partial charge < -0.3 is 10.8 Å². The summed E-state index contributed by atoms with van der Waals surface area (Å²) in [5.74, 6) is 0.0301. The van der Waals surface area contributed by atoms with Gasteiger partial charge in [0.05, 0.1) is 10.5 Å². The van der Waals surface area contributed by atoms with Gasteiger partial charge in [-0.2, -0.15) is 4.31 Å². The maximum absolute atomic E-state index is 12.7. The Morgan fingerprint density at radius 3 is 2.10 bits per heavy atom. The predicted octanol–water partition coefficient (Wildman–Crippen LogP) is 1.28. The Labute approximate surface area is 120 Å². The summed E-state index contributed by atoms with van der Waals surface area (Å²) in [5.41, 5.74) is 6.65. The summed E-state index contributed by atoms with van der Waals surface area (Å²) in [6.45, 7) is 7.56. The molecule has 0 spiro atoms. The van der Waals surface area contributed by atoms with E-state index in [1.54, 1.807) is 26.0 Å². The number of anilines is 1. The van der Waals surface area contributed by atoms with Gasteiger partial charge in [0.15, 0.2) is 0 Å². The van der Waals surface area contributed by atoms with Crippen molar-refractivity contribution in [1.29, 1.82) is 0 Å². The van der Waals surface area contributed by atoms with Crippen molar-refractivity contribution in [2.75, 3.05) is 18.8 Å². The van der Waals surface area contributed by atoms with E-state index in [-0.39, 0.29) is 19.0 Å². The zero-order valence-corrected chi connectivity index (χ0v) is 13.2. The highest BCUT2D eigenvalue weighted by molar-refractivity contribution is 7.89. The van der Waals surface area contributed by atoms with E-state index in [1.165, 1.54) is 4.31 Å². The quantitative estimate of drug-likeness (QED) is 0.823. The second-order valence-electron chi connectivity index (χ2n) is 6.02. The Balaban J connectivity index is 2.35. The molecule has 1 saturated heterocycles. The SMILES string of the molecule is Cc1cc(N)cc(C)c1S(=O)(=O)N1CC(O)(C(C)C)C1. The van der Waals surface area contributed by atoms with Crippen molar-refractivity contribution in [3.05, 3.63) is 23.3 Å². The van der Waals surface area contributed by atoms with Gasteiger partial charge in [0.2, 0.25) is 10.0 Å². The van der Waals surface area contributed by atoms with Crippen LogP contribution in [0.2, 0.25) is 0 Å². The minimum Gasteiger partial charge on any atom is -0.399 e. The number of nitrogens with two attached hydrogens (primary N) is 1. The first-order chi connectivity index (χ1) is 9.08. The summed E-state index contributed by atoms with van der Waals surface area (Å²) in [6, 6.07) is 3.32. The van der Waals surface area contributed by atoms with Crippen molar-refractivity contribution in [2.24, 2.45) is 5.92 Å². The molecule has 5 nitrogen and oxygen atoms in total. The molecule has 0 amide bonds. The average Bonchev–Trinajstić information content (AvgIpc) is 2.22. The molecule has 0 unspecified atom stereocenters. The van der Waals surface area contributed by atoms with E-state index in [9.17, 15) is 13.5 Å². The number of β-amino-alcohol motifs (C(OH)–C–C–N with tert-alkyl or cyclic N) is 1. The molecule has 1 aliphatic heterocycles. The third kappa shape index (κ3) is 2.32. The molecule has 6 heteroatoms. The predicted molar refractivity (Wildman–Crippen MR) is 78.9 cm³/mol. The van der Waals surface area contributed by atoms with Gasteiger partial charge in [0.1, 0.15) is 0 Å². The lowest BCUT2D eigenvalue weighted by Crippen LogP contribution is -2.65. The first kappa shape index (κ1) is 15.3. The first-order valence-electron chi connectivity index (χ1n) is 6.67. The number of aliphatic hydroxyl groups is 1. The van der Waals surface area contributed by atoms with Crippen molar-refractivity contribution in [1.82, 2.24) is 4.31 Å².